The molecule has 4 aromatic rings. The van der Waals surface area contributed by atoms with Crippen molar-refractivity contribution >= 4 is 23.2 Å². The fraction of sp³-hybridized carbons (Fsp3) is 0.316. The maximum Gasteiger partial charge on any atom is 0.227 e. The summed E-state index contributed by atoms with van der Waals surface area (Å²) in [5.74, 6) is 1.07. The van der Waals surface area contributed by atoms with Crippen LogP contribution in [0.4, 0.5) is 11.4 Å². The van der Waals surface area contributed by atoms with Crippen LogP contribution in [-0.4, -0.2) is 25.0 Å². The van der Waals surface area contributed by atoms with Gasteiger partial charge < -0.3 is 20.1 Å². The second kappa shape index (κ2) is 16.3. The van der Waals surface area contributed by atoms with E-state index in [1.807, 2.05) is 84.9 Å². The number of hydrogen-bond acceptors (Lipinski definition) is 4. The zero-order valence-corrected chi connectivity index (χ0v) is 25.3. The number of para-hydroxylation sites is 4. The summed E-state index contributed by atoms with van der Waals surface area (Å²) in [5.41, 5.74) is 3.96. The molecule has 0 bridgehead atoms. The molecule has 0 saturated heterocycles. The molecule has 6 nitrogen and oxygen atoms in total. The van der Waals surface area contributed by atoms with Crippen LogP contribution < -0.4 is 20.1 Å². The van der Waals surface area contributed by atoms with Crippen LogP contribution in [0.2, 0.25) is 0 Å². The molecule has 4 aromatic carbocycles. The zero-order valence-electron chi connectivity index (χ0n) is 25.3. The summed E-state index contributed by atoms with van der Waals surface area (Å²) in [5, 5.41) is 6.17. The second-order valence-electron chi connectivity index (χ2n) is 11.4. The summed E-state index contributed by atoms with van der Waals surface area (Å²) in [4.78, 5) is 26.4. The Kier molecular flexibility index (Phi) is 11.4. The lowest BCUT2D eigenvalue weighted by Crippen LogP contribution is -2.32. The van der Waals surface area contributed by atoms with E-state index < -0.39 is 0 Å². The van der Waals surface area contributed by atoms with Crippen molar-refractivity contribution in [3.8, 4) is 11.5 Å². The Morgan fingerprint density at radius 3 is 1.30 bits per heavy atom. The first kappa shape index (κ1) is 30.9. The summed E-state index contributed by atoms with van der Waals surface area (Å²) in [6.45, 7) is 1.15. The number of amides is 2. The van der Waals surface area contributed by atoms with E-state index in [1.165, 1.54) is 11.1 Å². The van der Waals surface area contributed by atoms with Gasteiger partial charge in [-0.15, -0.1) is 0 Å². The minimum Gasteiger partial charge on any atom is -0.491 e. The Morgan fingerprint density at radius 1 is 0.523 bits per heavy atom. The van der Waals surface area contributed by atoms with Gasteiger partial charge in [-0.2, -0.15) is 0 Å². The van der Waals surface area contributed by atoms with E-state index in [2.05, 4.69) is 34.9 Å². The summed E-state index contributed by atoms with van der Waals surface area (Å²) in [7, 11) is 0. The normalized spacial score (nSPS) is 16.1. The third-order valence-corrected chi connectivity index (χ3v) is 8.18. The van der Waals surface area contributed by atoms with Gasteiger partial charge in [-0.3, -0.25) is 9.59 Å². The molecule has 1 aliphatic carbocycles. The van der Waals surface area contributed by atoms with Gasteiger partial charge in [-0.05, 0) is 86.8 Å². The van der Waals surface area contributed by atoms with Gasteiger partial charge in [0.1, 0.15) is 11.5 Å². The summed E-state index contributed by atoms with van der Waals surface area (Å²) in [6, 6.07) is 35.9. The molecule has 5 rings (SSSR count). The molecule has 0 spiro atoms. The summed E-state index contributed by atoms with van der Waals surface area (Å²) in [6.07, 6.45) is 6.35. The van der Waals surface area contributed by atoms with Crippen molar-refractivity contribution in [3.63, 3.8) is 0 Å². The van der Waals surface area contributed by atoms with E-state index in [0.717, 1.165) is 25.7 Å². The van der Waals surface area contributed by atoms with E-state index in [1.54, 1.807) is 0 Å². The maximum atomic E-state index is 13.2. The fourth-order valence-electron chi connectivity index (χ4n) is 5.69. The Hall–Kier alpha value is -4.58. The van der Waals surface area contributed by atoms with Gasteiger partial charge in [0.2, 0.25) is 11.8 Å². The molecule has 228 valence electrons. The predicted octanol–water partition coefficient (Wildman–Crippen LogP) is 8.09. The number of nitrogens with one attached hydrogen (secondary N) is 2. The van der Waals surface area contributed by atoms with E-state index in [0.29, 0.717) is 61.8 Å². The number of rotatable bonds is 14. The van der Waals surface area contributed by atoms with Crippen molar-refractivity contribution < 1.29 is 19.1 Å². The Balaban J connectivity index is 1.05. The highest BCUT2D eigenvalue weighted by Gasteiger charge is 2.30. The van der Waals surface area contributed by atoms with Crippen LogP contribution in [0.15, 0.2) is 109 Å². The molecule has 1 saturated carbocycles. The van der Waals surface area contributed by atoms with Crippen LogP contribution in [0, 0.1) is 11.8 Å². The molecule has 0 heterocycles. The number of aryl methyl sites for hydroxylation is 2. The van der Waals surface area contributed by atoms with Crippen LogP contribution in [0.1, 0.15) is 49.7 Å². The zero-order chi connectivity index (χ0) is 30.4. The Labute approximate surface area is 260 Å². The molecule has 1 aliphatic rings. The van der Waals surface area contributed by atoms with Gasteiger partial charge >= 0.3 is 0 Å². The molecular weight excluding hydrogens is 548 g/mol. The van der Waals surface area contributed by atoms with Crippen LogP contribution >= 0.6 is 0 Å². The van der Waals surface area contributed by atoms with E-state index in [-0.39, 0.29) is 23.7 Å². The standard InChI is InChI=1S/C38H42N2O4/c41-37(39-33-19-7-9-21-35(33)43-27-11-17-29-13-3-1-4-14-29)31-23-25-32(26-24-31)38(42)40-34-20-8-10-22-36(34)44-28-12-18-30-15-5-2-6-16-30/h1-10,13-16,19-22,31-32H,11-12,17-18,23-28H2,(H,39,41)(H,40,42). The van der Waals surface area contributed by atoms with Crippen LogP contribution in [0.25, 0.3) is 0 Å². The maximum absolute atomic E-state index is 13.2. The van der Waals surface area contributed by atoms with Crippen molar-refractivity contribution in [1.29, 1.82) is 0 Å². The smallest absolute Gasteiger partial charge is 0.227 e. The third-order valence-electron chi connectivity index (χ3n) is 8.18. The number of benzene rings is 4. The van der Waals surface area contributed by atoms with Crippen molar-refractivity contribution in [1.82, 2.24) is 0 Å². The predicted molar refractivity (Wildman–Crippen MR) is 176 cm³/mol. The lowest BCUT2D eigenvalue weighted by Gasteiger charge is -2.27. The molecule has 0 radical (unpaired) electrons. The molecule has 2 amide bonds. The highest BCUT2D eigenvalue weighted by atomic mass is 16.5. The lowest BCUT2D eigenvalue weighted by molar-refractivity contribution is -0.125. The number of hydrogen-bond donors (Lipinski definition) is 2. The molecule has 6 heteroatoms. The van der Waals surface area contributed by atoms with Crippen molar-refractivity contribution in [3.05, 3.63) is 120 Å². The van der Waals surface area contributed by atoms with Crippen LogP contribution in [0.3, 0.4) is 0 Å². The first-order chi connectivity index (χ1) is 21.7. The van der Waals surface area contributed by atoms with E-state index in [9.17, 15) is 9.59 Å². The minimum atomic E-state index is -0.134. The minimum absolute atomic E-state index is 0.0153. The molecule has 0 atom stereocenters. The quantitative estimate of drug-likeness (QED) is 0.146. The number of carbonyl (C=O) groups excluding carboxylic acids is 2. The van der Waals surface area contributed by atoms with E-state index in [4.69, 9.17) is 9.47 Å². The molecule has 0 aromatic heterocycles. The molecule has 0 aliphatic heterocycles. The van der Waals surface area contributed by atoms with Crippen molar-refractivity contribution in [2.24, 2.45) is 11.8 Å². The highest BCUT2D eigenvalue weighted by molar-refractivity contribution is 5.95. The Bertz CT molecular complexity index is 1350. The number of ether oxygens (including phenoxy) is 2. The van der Waals surface area contributed by atoms with Crippen molar-refractivity contribution in [2.45, 2.75) is 51.4 Å². The van der Waals surface area contributed by atoms with E-state index >= 15 is 0 Å². The fourth-order valence-corrected chi connectivity index (χ4v) is 5.69. The van der Waals surface area contributed by atoms with Gasteiger partial charge in [-0.25, -0.2) is 0 Å². The van der Waals surface area contributed by atoms with Gasteiger partial charge in [-0.1, -0.05) is 84.9 Å². The van der Waals surface area contributed by atoms with Crippen LogP contribution in [0.5, 0.6) is 11.5 Å². The SMILES string of the molecule is O=C(Nc1ccccc1OCCCc1ccccc1)C1CCC(C(=O)Nc2ccccc2OCCCc2ccccc2)CC1. The topological polar surface area (TPSA) is 76.7 Å². The highest BCUT2D eigenvalue weighted by Crippen LogP contribution is 2.33. The first-order valence-electron chi connectivity index (χ1n) is 15.8. The number of carbonyl (C=O) groups is 2. The van der Waals surface area contributed by atoms with Gasteiger partial charge in [0.15, 0.2) is 0 Å². The molecular formula is C38H42N2O4. The van der Waals surface area contributed by atoms with Gasteiger partial charge in [0.05, 0.1) is 24.6 Å². The van der Waals surface area contributed by atoms with Gasteiger partial charge in [0, 0.05) is 11.8 Å². The third kappa shape index (κ3) is 9.21. The molecule has 44 heavy (non-hydrogen) atoms. The second-order valence-corrected chi connectivity index (χ2v) is 11.4. The monoisotopic (exact) mass is 590 g/mol. The molecule has 0 unspecified atom stereocenters. The Morgan fingerprint density at radius 2 is 0.886 bits per heavy atom. The number of anilines is 2. The summed E-state index contributed by atoms with van der Waals surface area (Å²) >= 11 is 0. The molecule has 1 fully saturated rings. The first-order valence-corrected chi connectivity index (χ1v) is 15.8. The average Bonchev–Trinajstić information content (AvgIpc) is 3.07. The summed E-state index contributed by atoms with van der Waals surface area (Å²) < 4.78 is 12.1. The lowest BCUT2D eigenvalue weighted by atomic mass is 9.81. The molecule has 2 N–H and O–H groups in total. The van der Waals surface area contributed by atoms with Crippen molar-refractivity contribution in [2.75, 3.05) is 23.8 Å². The average molecular weight is 591 g/mol. The van der Waals surface area contributed by atoms with Gasteiger partial charge in [0.25, 0.3) is 0 Å². The van der Waals surface area contributed by atoms with Crippen LogP contribution in [-0.2, 0) is 22.4 Å². The largest absolute Gasteiger partial charge is 0.491 e.